The Morgan fingerprint density at radius 1 is 1.21 bits per heavy atom. The van der Waals surface area contributed by atoms with Gasteiger partial charge in [0.05, 0.1) is 35.3 Å². The van der Waals surface area contributed by atoms with Crippen molar-refractivity contribution >= 4 is 17.3 Å². The number of dihydropyridines is 1. The lowest BCUT2D eigenvalue weighted by Gasteiger charge is -2.35. The molecule has 1 aliphatic carbocycles. The van der Waals surface area contributed by atoms with Crippen LogP contribution in [0.2, 0.25) is 0 Å². The average Bonchev–Trinajstić information content (AvgIpc) is 3.73. The van der Waals surface area contributed by atoms with Gasteiger partial charge in [-0.3, -0.25) is 4.79 Å². The standard InChI is InChI=1S/C28H29F4N5O2/c1-17-11-22(28(30,31)32)21(14-33-17)27(38)35-24-12-19(5-6-25(24)37-9-7-36(2)8-10-37)20-13-26(34-15-23(20)29)39-16-18-3-4-18/h5-6,11-15,18,33H,1,3-4,7-10,16H2,2H3,(H,35,38). The lowest BCUT2D eigenvalue weighted by molar-refractivity contribution is -0.115. The quantitative estimate of drug-likeness (QED) is 0.487. The van der Waals surface area contributed by atoms with Crippen LogP contribution in [-0.4, -0.2) is 61.8 Å². The van der Waals surface area contributed by atoms with Crippen molar-refractivity contribution < 1.29 is 27.1 Å². The van der Waals surface area contributed by atoms with E-state index in [0.717, 1.165) is 44.4 Å². The molecule has 3 aliphatic rings. The first-order chi connectivity index (χ1) is 18.6. The number of pyridine rings is 1. The molecule has 39 heavy (non-hydrogen) atoms. The second-order valence-corrected chi connectivity index (χ2v) is 10.0. The third kappa shape index (κ3) is 6.25. The molecule has 0 bridgehead atoms. The molecule has 206 valence electrons. The maximum Gasteiger partial charge on any atom is 0.417 e. The van der Waals surface area contributed by atoms with Gasteiger partial charge in [0.2, 0.25) is 5.88 Å². The lowest BCUT2D eigenvalue weighted by atomic mass is 10.0. The second kappa shape index (κ2) is 10.7. The molecular weight excluding hydrogens is 514 g/mol. The number of ether oxygens (including phenoxy) is 1. The van der Waals surface area contributed by atoms with Gasteiger partial charge in [-0.1, -0.05) is 12.6 Å². The fourth-order valence-electron chi connectivity index (χ4n) is 4.48. The van der Waals surface area contributed by atoms with Gasteiger partial charge in [-0.2, -0.15) is 13.2 Å². The van der Waals surface area contributed by atoms with Gasteiger partial charge in [0.25, 0.3) is 5.91 Å². The van der Waals surface area contributed by atoms with Crippen LogP contribution < -0.4 is 20.3 Å². The third-order valence-corrected chi connectivity index (χ3v) is 6.95. The van der Waals surface area contributed by atoms with E-state index < -0.39 is 29.0 Å². The summed E-state index contributed by atoms with van der Waals surface area (Å²) in [5.74, 6) is -0.764. The van der Waals surface area contributed by atoms with E-state index in [4.69, 9.17) is 4.74 Å². The van der Waals surface area contributed by atoms with E-state index >= 15 is 0 Å². The van der Waals surface area contributed by atoms with Crippen molar-refractivity contribution in [2.75, 3.05) is 50.1 Å². The van der Waals surface area contributed by atoms with Gasteiger partial charge in [-0.15, -0.1) is 0 Å². The minimum absolute atomic E-state index is 0.0202. The molecule has 11 heteroatoms. The Labute approximate surface area is 223 Å². The van der Waals surface area contributed by atoms with Gasteiger partial charge in [-0.05, 0) is 49.6 Å². The molecule has 5 rings (SSSR count). The molecule has 0 radical (unpaired) electrons. The summed E-state index contributed by atoms with van der Waals surface area (Å²) in [5.41, 5.74) is -0.116. The largest absolute Gasteiger partial charge is 0.477 e. The number of carbonyl (C=O) groups excluding carboxylic acids is 1. The number of alkyl halides is 3. The number of benzene rings is 1. The summed E-state index contributed by atoms with van der Waals surface area (Å²) in [6, 6.07) is 6.54. The Morgan fingerprint density at radius 3 is 2.64 bits per heavy atom. The van der Waals surface area contributed by atoms with E-state index in [1.807, 2.05) is 11.9 Å². The maximum absolute atomic E-state index is 14.9. The Bertz CT molecular complexity index is 1340. The van der Waals surface area contributed by atoms with Gasteiger partial charge in [0, 0.05) is 49.7 Å². The number of allylic oxidation sites excluding steroid dienone is 1. The first-order valence-corrected chi connectivity index (χ1v) is 12.7. The van der Waals surface area contributed by atoms with Crippen LogP contribution in [-0.2, 0) is 4.79 Å². The van der Waals surface area contributed by atoms with Crippen molar-refractivity contribution in [3.05, 3.63) is 72.0 Å². The molecule has 3 heterocycles. The summed E-state index contributed by atoms with van der Waals surface area (Å²) in [5, 5.41) is 5.23. The number of amides is 1. The highest BCUT2D eigenvalue weighted by atomic mass is 19.4. The highest BCUT2D eigenvalue weighted by Gasteiger charge is 2.40. The molecule has 1 amide bonds. The fraction of sp³-hybridized carbons (Fsp3) is 0.357. The third-order valence-electron chi connectivity index (χ3n) is 6.95. The highest BCUT2D eigenvalue weighted by molar-refractivity contribution is 6.09. The number of halogens is 4. The normalized spacial score (nSPS) is 18.3. The number of hydrogen-bond donors (Lipinski definition) is 2. The Morgan fingerprint density at radius 2 is 1.95 bits per heavy atom. The van der Waals surface area contributed by atoms with E-state index in [9.17, 15) is 22.4 Å². The van der Waals surface area contributed by atoms with Gasteiger partial charge in [0.15, 0.2) is 0 Å². The molecule has 1 aromatic carbocycles. The van der Waals surface area contributed by atoms with Gasteiger partial charge in [0.1, 0.15) is 5.82 Å². The summed E-state index contributed by atoms with van der Waals surface area (Å²) in [7, 11) is 2.00. The van der Waals surface area contributed by atoms with Crippen LogP contribution in [0.15, 0.2) is 66.2 Å². The SMILES string of the molecule is C=C1C=C(C(F)(F)F)C(C(=O)Nc2cc(-c3cc(OCC4CC4)ncc3F)ccc2N2CCN(C)CC2)=CN1. The molecule has 2 aliphatic heterocycles. The van der Waals surface area contributed by atoms with Crippen LogP contribution >= 0.6 is 0 Å². The number of nitrogens with zero attached hydrogens (tertiary/aromatic N) is 3. The minimum Gasteiger partial charge on any atom is -0.477 e. The molecular formula is C28H29F4N5O2. The van der Waals surface area contributed by atoms with Crippen molar-refractivity contribution in [2.45, 2.75) is 19.0 Å². The van der Waals surface area contributed by atoms with Crippen molar-refractivity contribution in [1.29, 1.82) is 0 Å². The molecule has 0 unspecified atom stereocenters. The van der Waals surface area contributed by atoms with E-state index in [2.05, 4.69) is 27.1 Å². The van der Waals surface area contributed by atoms with Crippen molar-refractivity contribution in [2.24, 2.45) is 5.92 Å². The van der Waals surface area contributed by atoms with Crippen LogP contribution in [0.3, 0.4) is 0 Å². The molecule has 2 fully saturated rings. The Balaban J connectivity index is 1.48. The number of carbonyl (C=O) groups is 1. The monoisotopic (exact) mass is 543 g/mol. The first kappa shape index (κ1) is 26.7. The molecule has 1 aromatic heterocycles. The summed E-state index contributed by atoms with van der Waals surface area (Å²) in [6.07, 6.45) is 0.295. The molecule has 2 aromatic rings. The van der Waals surface area contributed by atoms with E-state index in [1.165, 1.54) is 6.07 Å². The van der Waals surface area contributed by atoms with Gasteiger partial charge >= 0.3 is 6.18 Å². The summed E-state index contributed by atoms with van der Waals surface area (Å²) in [6.45, 7) is 6.85. The number of aromatic nitrogens is 1. The number of piperazine rings is 1. The summed E-state index contributed by atoms with van der Waals surface area (Å²) >= 11 is 0. The molecule has 7 nitrogen and oxygen atoms in total. The number of rotatable bonds is 7. The van der Waals surface area contributed by atoms with E-state index in [-0.39, 0.29) is 22.8 Å². The van der Waals surface area contributed by atoms with E-state index in [0.29, 0.717) is 36.9 Å². The van der Waals surface area contributed by atoms with Crippen LogP contribution in [0.4, 0.5) is 28.9 Å². The number of likely N-dealkylation sites (N-methyl/N-ethyl adjacent to an activating group) is 1. The number of nitrogens with one attached hydrogen (secondary N) is 2. The Kier molecular flexibility index (Phi) is 7.35. The van der Waals surface area contributed by atoms with Crippen molar-refractivity contribution in [3.8, 4) is 17.0 Å². The fourth-order valence-corrected chi connectivity index (χ4v) is 4.48. The minimum atomic E-state index is -4.76. The molecule has 0 spiro atoms. The zero-order valence-electron chi connectivity index (χ0n) is 21.4. The van der Waals surface area contributed by atoms with Crippen LogP contribution in [0.25, 0.3) is 11.1 Å². The second-order valence-electron chi connectivity index (χ2n) is 10.0. The predicted octanol–water partition coefficient (Wildman–Crippen LogP) is 4.86. The smallest absolute Gasteiger partial charge is 0.417 e. The van der Waals surface area contributed by atoms with Crippen LogP contribution in [0, 0.1) is 11.7 Å². The first-order valence-electron chi connectivity index (χ1n) is 12.7. The molecule has 2 N–H and O–H groups in total. The topological polar surface area (TPSA) is 69.7 Å². The van der Waals surface area contributed by atoms with Crippen LogP contribution in [0.5, 0.6) is 5.88 Å². The zero-order valence-corrected chi connectivity index (χ0v) is 21.4. The van der Waals surface area contributed by atoms with E-state index in [1.54, 1.807) is 18.2 Å². The lowest BCUT2D eigenvalue weighted by Crippen LogP contribution is -2.44. The Hall–Kier alpha value is -3.86. The number of hydrogen-bond acceptors (Lipinski definition) is 6. The molecule has 1 saturated heterocycles. The van der Waals surface area contributed by atoms with Crippen LogP contribution in [0.1, 0.15) is 12.8 Å². The summed E-state index contributed by atoms with van der Waals surface area (Å²) in [4.78, 5) is 21.4. The maximum atomic E-state index is 14.9. The molecule has 0 atom stereocenters. The average molecular weight is 544 g/mol. The van der Waals surface area contributed by atoms with Gasteiger partial charge in [-0.25, -0.2) is 9.37 Å². The zero-order chi connectivity index (χ0) is 27.7. The highest BCUT2D eigenvalue weighted by Crippen LogP contribution is 2.37. The summed E-state index contributed by atoms with van der Waals surface area (Å²) < 4.78 is 61.8. The number of anilines is 2. The van der Waals surface area contributed by atoms with Gasteiger partial charge < -0.3 is 25.2 Å². The van der Waals surface area contributed by atoms with Crippen molar-refractivity contribution in [1.82, 2.24) is 15.2 Å². The predicted molar refractivity (Wildman–Crippen MR) is 141 cm³/mol. The van der Waals surface area contributed by atoms with Crippen molar-refractivity contribution in [3.63, 3.8) is 0 Å². The molecule has 1 saturated carbocycles.